The van der Waals surface area contributed by atoms with Gasteiger partial charge in [-0.2, -0.15) is 0 Å². The Morgan fingerprint density at radius 3 is 2.95 bits per heavy atom. The van der Waals surface area contributed by atoms with Gasteiger partial charge in [0.05, 0.1) is 10.6 Å². The third kappa shape index (κ3) is 4.98. The number of hydrogen-bond donors (Lipinski definition) is 1. The fourth-order valence-corrected chi connectivity index (χ4v) is 1.89. The van der Waals surface area contributed by atoms with Crippen LogP contribution in [0.25, 0.3) is 0 Å². The first kappa shape index (κ1) is 16.7. The summed E-state index contributed by atoms with van der Waals surface area (Å²) in [5.41, 5.74) is 0.472. The van der Waals surface area contributed by atoms with Gasteiger partial charge in [-0.15, -0.1) is 0 Å². The maximum absolute atomic E-state index is 12.3. The Morgan fingerprint density at radius 2 is 2.30 bits per heavy atom. The molecule has 0 aromatic carbocycles. The number of nitrogens with zero attached hydrogens (tertiary/aromatic N) is 2. The highest BCUT2D eigenvalue weighted by Crippen LogP contribution is 2.19. The first-order valence-electron chi connectivity index (χ1n) is 6.74. The van der Waals surface area contributed by atoms with Crippen LogP contribution in [0.5, 0.6) is 0 Å². The van der Waals surface area contributed by atoms with Gasteiger partial charge in [-0.1, -0.05) is 18.5 Å². The van der Waals surface area contributed by atoms with Crippen molar-refractivity contribution in [2.75, 3.05) is 39.2 Å². The standard InChI is InChI=1S/C14H22ClN3O2/c1-4-6-16-13-9-11(12(15)10-17-13)14(19)18(2)7-5-8-20-3/h9-10H,4-8H2,1-3H3,(H,16,17). The number of ether oxygens (including phenoxy) is 1. The van der Waals surface area contributed by atoms with Crippen LogP contribution in [0.3, 0.4) is 0 Å². The van der Waals surface area contributed by atoms with Gasteiger partial charge in [0.1, 0.15) is 5.82 Å². The number of methoxy groups -OCH3 is 1. The molecule has 112 valence electrons. The molecule has 0 aliphatic rings. The van der Waals surface area contributed by atoms with Crippen molar-refractivity contribution in [3.8, 4) is 0 Å². The molecule has 0 saturated carbocycles. The molecule has 1 rings (SSSR count). The van der Waals surface area contributed by atoms with Gasteiger partial charge < -0.3 is 15.0 Å². The van der Waals surface area contributed by atoms with Crippen molar-refractivity contribution >= 4 is 23.3 Å². The lowest BCUT2D eigenvalue weighted by molar-refractivity contribution is 0.0779. The summed E-state index contributed by atoms with van der Waals surface area (Å²) in [6.07, 6.45) is 3.29. The lowest BCUT2D eigenvalue weighted by Gasteiger charge is -2.18. The number of carbonyl (C=O) groups is 1. The molecule has 0 bridgehead atoms. The van der Waals surface area contributed by atoms with Crippen molar-refractivity contribution in [3.05, 3.63) is 22.8 Å². The Hall–Kier alpha value is -1.33. The highest BCUT2D eigenvalue weighted by atomic mass is 35.5. The maximum Gasteiger partial charge on any atom is 0.255 e. The average Bonchev–Trinajstić information content (AvgIpc) is 2.45. The third-order valence-corrected chi connectivity index (χ3v) is 3.13. The van der Waals surface area contributed by atoms with Crippen LogP contribution >= 0.6 is 11.6 Å². The average molecular weight is 300 g/mol. The van der Waals surface area contributed by atoms with E-state index in [9.17, 15) is 4.79 Å². The second-order valence-electron chi connectivity index (χ2n) is 4.55. The molecule has 0 atom stereocenters. The van der Waals surface area contributed by atoms with Gasteiger partial charge in [0.2, 0.25) is 0 Å². The van der Waals surface area contributed by atoms with Crippen molar-refractivity contribution in [1.29, 1.82) is 0 Å². The molecule has 0 saturated heterocycles. The Balaban J connectivity index is 2.74. The van der Waals surface area contributed by atoms with Crippen molar-refractivity contribution in [2.45, 2.75) is 19.8 Å². The van der Waals surface area contributed by atoms with E-state index < -0.39 is 0 Å². The molecule has 6 heteroatoms. The van der Waals surface area contributed by atoms with Gasteiger partial charge in [-0.05, 0) is 18.9 Å². The number of carbonyl (C=O) groups excluding carboxylic acids is 1. The highest BCUT2D eigenvalue weighted by molar-refractivity contribution is 6.33. The monoisotopic (exact) mass is 299 g/mol. The number of halogens is 1. The lowest BCUT2D eigenvalue weighted by atomic mass is 10.2. The summed E-state index contributed by atoms with van der Waals surface area (Å²) in [7, 11) is 3.40. The zero-order chi connectivity index (χ0) is 15.0. The van der Waals surface area contributed by atoms with Gasteiger partial charge in [-0.25, -0.2) is 4.98 Å². The number of rotatable bonds is 8. The molecule has 0 aliphatic carbocycles. The maximum atomic E-state index is 12.3. The summed E-state index contributed by atoms with van der Waals surface area (Å²) in [4.78, 5) is 18.1. The number of aromatic nitrogens is 1. The van der Waals surface area contributed by atoms with Crippen LogP contribution in [0, 0.1) is 0 Å². The number of anilines is 1. The Morgan fingerprint density at radius 1 is 1.55 bits per heavy atom. The summed E-state index contributed by atoms with van der Waals surface area (Å²) < 4.78 is 4.98. The van der Waals surface area contributed by atoms with Crippen molar-refractivity contribution in [3.63, 3.8) is 0 Å². The van der Waals surface area contributed by atoms with Crippen LogP contribution in [0.15, 0.2) is 12.3 Å². The molecule has 1 amide bonds. The summed E-state index contributed by atoms with van der Waals surface area (Å²) >= 11 is 6.07. The van der Waals surface area contributed by atoms with E-state index in [1.54, 1.807) is 25.1 Å². The van der Waals surface area contributed by atoms with E-state index in [1.165, 1.54) is 6.20 Å². The lowest BCUT2D eigenvalue weighted by Crippen LogP contribution is -2.28. The summed E-state index contributed by atoms with van der Waals surface area (Å²) in [5, 5.41) is 3.52. The molecule has 1 aromatic heterocycles. The normalized spacial score (nSPS) is 10.4. The predicted octanol–water partition coefficient (Wildman–Crippen LogP) is 2.67. The van der Waals surface area contributed by atoms with Crippen molar-refractivity contribution in [2.24, 2.45) is 0 Å². The molecule has 1 N–H and O–H groups in total. The molecule has 5 nitrogen and oxygen atoms in total. The molecule has 0 aliphatic heterocycles. The van der Waals surface area contributed by atoms with Crippen molar-refractivity contribution in [1.82, 2.24) is 9.88 Å². The number of nitrogens with one attached hydrogen (secondary N) is 1. The van der Waals surface area contributed by atoms with E-state index >= 15 is 0 Å². The van der Waals surface area contributed by atoms with Gasteiger partial charge in [0, 0.05) is 40.1 Å². The summed E-state index contributed by atoms with van der Waals surface area (Å²) in [6.45, 7) is 4.14. The SMILES string of the molecule is CCCNc1cc(C(=O)N(C)CCCOC)c(Cl)cn1. The third-order valence-electron chi connectivity index (χ3n) is 2.83. The van der Waals surface area contributed by atoms with E-state index in [0.717, 1.165) is 19.4 Å². The molecule has 0 fully saturated rings. The van der Waals surface area contributed by atoms with E-state index in [2.05, 4.69) is 17.2 Å². The smallest absolute Gasteiger partial charge is 0.255 e. The van der Waals surface area contributed by atoms with Crippen LogP contribution in [0.2, 0.25) is 5.02 Å². The minimum Gasteiger partial charge on any atom is -0.385 e. The topological polar surface area (TPSA) is 54.5 Å². The zero-order valence-electron chi connectivity index (χ0n) is 12.3. The highest BCUT2D eigenvalue weighted by Gasteiger charge is 2.16. The molecule has 20 heavy (non-hydrogen) atoms. The van der Waals surface area contributed by atoms with Gasteiger partial charge in [0.25, 0.3) is 5.91 Å². The molecule has 0 spiro atoms. The van der Waals surface area contributed by atoms with E-state index in [1.807, 2.05) is 0 Å². The molecule has 1 heterocycles. The number of pyridine rings is 1. The van der Waals surface area contributed by atoms with Gasteiger partial charge >= 0.3 is 0 Å². The predicted molar refractivity (Wildman–Crippen MR) is 81.5 cm³/mol. The molecular formula is C14H22ClN3O2. The minimum absolute atomic E-state index is 0.104. The zero-order valence-corrected chi connectivity index (χ0v) is 13.0. The Labute approximate surface area is 125 Å². The van der Waals surface area contributed by atoms with Crippen LogP contribution in [0.4, 0.5) is 5.82 Å². The quantitative estimate of drug-likeness (QED) is 0.750. The summed E-state index contributed by atoms with van der Waals surface area (Å²) in [5.74, 6) is 0.568. The Bertz CT molecular complexity index is 440. The van der Waals surface area contributed by atoms with Crippen LogP contribution in [-0.4, -0.2) is 49.6 Å². The van der Waals surface area contributed by atoms with Gasteiger partial charge in [0.15, 0.2) is 0 Å². The fourth-order valence-electron chi connectivity index (χ4n) is 1.71. The van der Waals surface area contributed by atoms with Crippen LogP contribution < -0.4 is 5.32 Å². The number of hydrogen-bond acceptors (Lipinski definition) is 4. The molecule has 0 radical (unpaired) electrons. The Kier molecular flexibility index (Phi) is 7.33. The minimum atomic E-state index is -0.104. The van der Waals surface area contributed by atoms with E-state index in [0.29, 0.717) is 29.6 Å². The second-order valence-corrected chi connectivity index (χ2v) is 4.96. The van der Waals surface area contributed by atoms with Gasteiger partial charge in [-0.3, -0.25) is 4.79 Å². The first-order chi connectivity index (χ1) is 9.60. The van der Waals surface area contributed by atoms with Crippen molar-refractivity contribution < 1.29 is 9.53 Å². The second kappa shape index (κ2) is 8.76. The number of amides is 1. The molecule has 1 aromatic rings. The van der Waals surface area contributed by atoms with E-state index in [-0.39, 0.29) is 5.91 Å². The first-order valence-corrected chi connectivity index (χ1v) is 7.11. The van der Waals surface area contributed by atoms with Crippen LogP contribution in [0.1, 0.15) is 30.1 Å². The fraction of sp³-hybridized carbons (Fsp3) is 0.571. The summed E-state index contributed by atoms with van der Waals surface area (Å²) in [6, 6.07) is 1.70. The van der Waals surface area contributed by atoms with Crippen LogP contribution in [-0.2, 0) is 4.74 Å². The molecular weight excluding hydrogens is 278 g/mol. The molecule has 0 unspecified atom stereocenters. The van der Waals surface area contributed by atoms with E-state index in [4.69, 9.17) is 16.3 Å². The largest absolute Gasteiger partial charge is 0.385 e.